The summed E-state index contributed by atoms with van der Waals surface area (Å²) in [7, 11) is 0. The summed E-state index contributed by atoms with van der Waals surface area (Å²) in [5.74, 6) is 0.779. The third kappa shape index (κ3) is 4.16. The zero-order chi connectivity index (χ0) is 18.7. The summed E-state index contributed by atoms with van der Waals surface area (Å²) in [5, 5.41) is 2.90. The molecular weight excluding hydrogens is 328 g/mol. The van der Waals surface area contributed by atoms with Gasteiger partial charge in [0.25, 0.3) is 5.91 Å². The van der Waals surface area contributed by atoms with E-state index >= 15 is 0 Å². The molecule has 2 aromatic rings. The first-order valence-electron chi connectivity index (χ1n) is 8.99. The molecule has 26 heavy (non-hydrogen) atoms. The Morgan fingerprint density at radius 3 is 2.77 bits per heavy atom. The second kappa shape index (κ2) is 7.78. The van der Waals surface area contributed by atoms with E-state index < -0.39 is 0 Å². The Labute approximate surface area is 154 Å². The molecule has 0 aromatic carbocycles. The van der Waals surface area contributed by atoms with Crippen LogP contribution >= 0.6 is 0 Å². The Morgan fingerprint density at radius 1 is 1.31 bits per heavy atom. The number of nitrogens with two attached hydrogens (primary N) is 1. The second-order valence-electron chi connectivity index (χ2n) is 6.89. The van der Waals surface area contributed by atoms with E-state index in [2.05, 4.69) is 25.2 Å². The van der Waals surface area contributed by atoms with Crippen LogP contribution in [0, 0.1) is 20.8 Å². The number of amides is 1. The third-order valence-corrected chi connectivity index (χ3v) is 4.76. The number of nitrogens with one attached hydrogen (secondary N) is 1. The molecule has 0 saturated carbocycles. The summed E-state index contributed by atoms with van der Waals surface area (Å²) in [6.07, 6.45) is 3.50. The van der Waals surface area contributed by atoms with Crippen molar-refractivity contribution in [2.45, 2.75) is 39.7 Å². The average molecular weight is 354 g/mol. The lowest BCUT2D eigenvalue weighted by Crippen LogP contribution is -2.31. The van der Waals surface area contributed by atoms with Gasteiger partial charge in [-0.2, -0.15) is 0 Å². The third-order valence-electron chi connectivity index (χ3n) is 4.76. The van der Waals surface area contributed by atoms with Crippen molar-refractivity contribution in [3.8, 4) is 0 Å². The molecule has 2 aromatic heterocycles. The molecule has 3 heterocycles. The fourth-order valence-electron chi connectivity index (χ4n) is 3.05. The SMILES string of the molecule is Cc1ccc(CCNC(=O)c2nc(C)c(C)c(N3CC[C@@H](N)C3)n2)cn1. The van der Waals surface area contributed by atoms with Gasteiger partial charge < -0.3 is 16.0 Å². The molecule has 1 atom stereocenters. The zero-order valence-electron chi connectivity index (χ0n) is 15.6. The van der Waals surface area contributed by atoms with Crippen molar-refractivity contribution < 1.29 is 4.79 Å². The van der Waals surface area contributed by atoms with Gasteiger partial charge in [-0.25, -0.2) is 9.97 Å². The molecule has 7 heteroatoms. The maximum absolute atomic E-state index is 12.5. The van der Waals surface area contributed by atoms with Gasteiger partial charge in [-0.1, -0.05) is 6.07 Å². The lowest BCUT2D eigenvalue weighted by Gasteiger charge is -2.20. The van der Waals surface area contributed by atoms with Crippen LogP contribution in [-0.4, -0.2) is 46.5 Å². The van der Waals surface area contributed by atoms with E-state index in [1.165, 1.54) is 0 Å². The van der Waals surface area contributed by atoms with Crippen LogP contribution in [0.5, 0.6) is 0 Å². The lowest BCUT2D eigenvalue weighted by molar-refractivity contribution is 0.0943. The van der Waals surface area contributed by atoms with Crippen LogP contribution in [0.3, 0.4) is 0 Å². The fourth-order valence-corrected chi connectivity index (χ4v) is 3.05. The highest BCUT2D eigenvalue weighted by Crippen LogP contribution is 2.23. The monoisotopic (exact) mass is 354 g/mol. The maximum atomic E-state index is 12.5. The Hall–Kier alpha value is -2.54. The van der Waals surface area contributed by atoms with Crippen molar-refractivity contribution in [2.75, 3.05) is 24.5 Å². The predicted molar refractivity (Wildman–Crippen MR) is 101 cm³/mol. The number of carbonyl (C=O) groups excluding carboxylic acids is 1. The molecule has 0 spiro atoms. The van der Waals surface area contributed by atoms with Crippen LogP contribution in [0.25, 0.3) is 0 Å². The number of rotatable bonds is 5. The van der Waals surface area contributed by atoms with Gasteiger partial charge in [0.1, 0.15) is 5.82 Å². The van der Waals surface area contributed by atoms with Gasteiger partial charge in [0, 0.05) is 48.8 Å². The Balaban J connectivity index is 1.67. The largest absolute Gasteiger partial charge is 0.355 e. The number of carbonyl (C=O) groups is 1. The molecule has 1 saturated heterocycles. The van der Waals surface area contributed by atoms with Crippen LogP contribution in [0.4, 0.5) is 5.82 Å². The van der Waals surface area contributed by atoms with E-state index in [9.17, 15) is 4.79 Å². The average Bonchev–Trinajstić information content (AvgIpc) is 3.05. The summed E-state index contributed by atoms with van der Waals surface area (Å²) in [6, 6.07) is 4.15. The van der Waals surface area contributed by atoms with Crippen molar-refractivity contribution in [1.82, 2.24) is 20.3 Å². The van der Waals surface area contributed by atoms with Gasteiger partial charge in [0.05, 0.1) is 0 Å². The predicted octanol–water partition coefficient (Wildman–Crippen LogP) is 1.31. The van der Waals surface area contributed by atoms with Crippen molar-refractivity contribution in [1.29, 1.82) is 0 Å². The Kier molecular flexibility index (Phi) is 5.46. The Morgan fingerprint density at radius 2 is 2.12 bits per heavy atom. The van der Waals surface area contributed by atoms with Crippen LogP contribution in [0.1, 0.15) is 39.6 Å². The molecular formula is C19H26N6O. The first-order chi connectivity index (χ1) is 12.4. The van der Waals surface area contributed by atoms with Crippen molar-refractivity contribution in [2.24, 2.45) is 5.73 Å². The second-order valence-corrected chi connectivity index (χ2v) is 6.89. The molecule has 138 valence electrons. The van der Waals surface area contributed by atoms with E-state index in [1.807, 2.05) is 39.1 Å². The number of pyridine rings is 1. The molecule has 0 radical (unpaired) electrons. The molecule has 0 bridgehead atoms. The highest BCUT2D eigenvalue weighted by atomic mass is 16.2. The van der Waals surface area contributed by atoms with Gasteiger partial charge in [0.2, 0.25) is 5.82 Å². The number of hydrogen-bond acceptors (Lipinski definition) is 6. The first-order valence-corrected chi connectivity index (χ1v) is 8.99. The maximum Gasteiger partial charge on any atom is 0.289 e. The summed E-state index contributed by atoms with van der Waals surface area (Å²) in [4.78, 5) is 27.8. The minimum atomic E-state index is -0.252. The summed E-state index contributed by atoms with van der Waals surface area (Å²) < 4.78 is 0. The molecule has 0 aliphatic carbocycles. The molecule has 7 nitrogen and oxygen atoms in total. The number of hydrogen-bond donors (Lipinski definition) is 2. The smallest absolute Gasteiger partial charge is 0.289 e. The van der Waals surface area contributed by atoms with Crippen LogP contribution < -0.4 is 16.0 Å². The van der Waals surface area contributed by atoms with E-state index in [1.54, 1.807) is 0 Å². The standard InChI is InChI=1S/C19H26N6O/c1-12-4-5-15(10-22-12)6-8-21-19(26)17-23-14(3)13(2)18(24-17)25-9-7-16(20)11-25/h4-5,10,16H,6-9,11,20H2,1-3H3,(H,21,26)/t16-/m1/s1. The van der Waals surface area contributed by atoms with Crippen LogP contribution in [-0.2, 0) is 6.42 Å². The van der Waals surface area contributed by atoms with Gasteiger partial charge >= 0.3 is 0 Å². The van der Waals surface area contributed by atoms with E-state index in [-0.39, 0.29) is 17.8 Å². The van der Waals surface area contributed by atoms with Gasteiger partial charge in [-0.05, 0) is 45.2 Å². The van der Waals surface area contributed by atoms with Gasteiger partial charge in [-0.15, -0.1) is 0 Å². The normalized spacial score (nSPS) is 16.8. The summed E-state index contributed by atoms with van der Waals surface area (Å²) in [5.41, 5.74) is 9.90. The van der Waals surface area contributed by atoms with Crippen LogP contribution in [0.15, 0.2) is 18.3 Å². The zero-order valence-corrected chi connectivity index (χ0v) is 15.6. The lowest BCUT2D eigenvalue weighted by atomic mass is 10.2. The van der Waals surface area contributed by atoms with Crippen molar-refractivity contribution in [3.05, 3.63) is 46.7 Å². The fraction of sp³-hybridized carbons (Fsp3) is 0.474. The Bertz CT molecular complexity index is 789. The molecule has 1 aliphatic rings. The van der Waals surface area contributed by atoms with E-state index in [0.717, 1.165) is 54.3 Å². The van der Waals surface area contributed by atoms with Crippen LogP contribution in [0.2, 0.25) is 0 Å². The first kappa shape index (κ1) is 18.3. The molecule has 1 amide bonds. The molecule has 3 N–H and O–H groups in total. The highest BCUT2D eigenvalue weighted by Gasteiger charge is 2.24. The highest BCUT2D eigenvalue weighted by molar-refractivity contribution is 5.91. The molecule has 0 unspecified atom stereocenters. The summed E-state index contributed by atoms with van der Waals surface area (Å²) in [6.45, 7) is 7.99. The quantitative estimate of drug-likeness (QED) is 0.840. The number of aryl methyl sites for hydroxylation is 2. The van der Waals surface area contributed by atoms with Gasteiger partial charge in [0.15, 0.2) is 0 Å². The van der Waals surface area contributed by atoms with Crippen molar-refractivity contribution >= 4 is 11.7 Å². The van der Waals surface area contributed by atoms with Gasteiger partial charge in [-0.3, -0.25) is 9.78 Å². The number of aromatic nitrogens is 3. The minimum Gasteiger partial charge on any atom is -0.355 e. The number of anilines is 1. The van der Waals surface area contributed by atoms with Crippen molar-refractivity contribution in [3.63, 3.8) is 0 Å². The van der Waals surface area contributed by atoms with E-state index in [4.69, 9.17) is 5.73 Å². The number of nitrogens with zero attached hydrogens (tertiary/aromatic N) is 4. The molecule has 1 aliphatic heterocycles. The minimum absolute atomic E-state index is 0.157. The summed E-state index contributed by atoms with van der Waals surface area (Å²) >= 11 is 0. The molecule has 3 rings (SSSR count). The topological polar surface area (TPSA) is 97.0 Å². The van der Waals surface area contributed by atoms with E-state index in [0.29, 0.717) is 6.54 Å². The molecule has 1 fully saturated rings.